The van der Waals surface area contributed by atoms with Crippen molar-refractivity contribution in [3.05, 3.63) is 132 Å². The number of methoxy groups -OCH3 is 2. The molecule has 0 aliphatic heterocycles. The maximum Gasteiger partial charge on any atom is 0.407 e. The summed E-state index contributed by atoms with van der Waals surface area (Å²) in [5.74, 6) is -2.87. The minimum Gasteiger partial charge on any atom is -0.453 e. The van der Waals surface area contributed by atoms with Crippen molar-refractivity contribution < 1.29 is 37.4 Å². The van der Waals surface area contributed by atoms with E-state index in [1.165, 1.54) is 26.4 Å². The quantitative estimate of drug-likeness (QED) is 0.0754. The van der Waals surface area contributed by atoms with Crippen LogP contribution in [0.15, 0.2) is 103 Å². The van der Waals surface area contributed by atoms with E-state index in [-0.39, 0.29) is 42.6 Å². The zero-order chi connectivity index (χ0) is 44.7. The van der Waals surface area contributed by atoms with Crippen molar-refractivity contribution in [1.29, 1.82) is 0 Å². The molecule has 16 heteroatoms. The Kier molecular flexibility index (Phi) is 13.3. The molecule has 0 fully saturated rings. The lowest BCUT2D eigenvalue weighted by atomic mass is 9.97. The van der Waals surface area contributed by atoms with Gasteiger partial charge in [0.15, 0.2) is 0 Å². The van der Waals surface area contributed by atoms with Crippen LogP contribution in [0.1, 0.15) is 61.1 Å². The number of imidazole rings is 2. The number of ether oxygens (including phenoxy) is 2. The SMILES string of the molecule is CCCN(Cc1ncc(-c2ccc3c(c2)C(F)(F)c2cc(-c4ccc(-c5cnc(CN(CCC)C(=O)[C@H](NC(=O)OC)c6ccccc6)[nH]5)cc4)ccc2-3)[nH]1)C(=O)CNC(=O)OC. The average molecular weight is 859 g/mol. The molecule has 4 aromatic carbocycles. The standard InChI is InChI=1S/C47H48F2N8O6/c1-5-20-56(42(58)26-52-45(60)62-3)27-40-51-25-39(54-40)33-17-19-35-34-18-16-32(22-36(34)47(48,49)37(35)23-33)29-12-14-30(15-13-29)38-24-50-41(53-38)28-57(21-6-2)44(59)43(55-46(61)63-4)31-10-8-7-9-11-31/h7-19,22-25,43H,5-6,20-21,26-28H2,1-4H3,(H,50,53)(H,51,54)(H,52,60)(H,55,61)/t43-/m1/s1. The van der Waals surface area contributed by atoms with Crippen LogP contribution in [0.5, 0.6) is 0 Å². The third kappa shape index (κ3) is 9.59. The Bertz CT molecular complexity index is 2590. The van der Waals surface area contributed by atoms with Crippen LogP contribution in [0.2, 0.25) is 0 Å². The molecule has 0 spiro atoms. The van der Waals surface area contributed by atoms with E-state index in [2.05, 4.69) is 35.3 Å². The van der Waals surface area contributed by atoms with Crippen LogP contribution in [0.4, 0.5) is 18.4 Å². The lowest BCUT2D eigenvalue weighted by Crippen LogP contribution is -2.43. The van der Waals surface area contributed by atoms with E-state index < -0.39 is 24.2 Å². The molecule has 0 unspecified atom stereocenters. The van der Waals surface area contributed by atoms with Gasteiger partial charge in [0.25, 0.3) is 5.92 Å². The van der Waals surface area contributed by atoms with Gasteiger partial charge >= 0.3 is 12.2 Å². The number of nitrogens with one attached hydrogen (secondary N) is 4. The molecule has 14 nitrogen and oxygen atoms in total. The van der Waals surface area contributed by atoms with Gasteiger partial charge in [0.05, 0.1) is 51.1 Å². The topological polar surface area (TPSA) is 175 Å². The van der Waals surface area contributed by atoms with E-state index in [1.54, 1.807) is 64.7 Å². The number of carbonyl (C=O) groups excluding carboxylic acids is 4. The van der Waals surface area contributed by atoms with E-state index in [0.29, 0.717) is 76.8 Å². The molecular formula is C47H48F2N8O6. The summed E-state index contributed by atoms with van der Waals surface area (Å²) in [7, 11) is 2.46. The van der Waals surface area contributed by atoms with Crippen molar-refractivity contribution in [2.75, 3.05) is 33.9 Å². The second kappa shape index (κ2) is 19.1. The van der Waals surface area contributed by atoms with Crippen molar-refractivity contribution in [1.82, 2.24) is 40.4 Å². The molecule has 63 heavy (non-hydrogen) atoms. The fraction of sp³-hybridized carbons (Fsp3) is 0.277. The number of halogens is 2. The fourth-order valence-corrected chi connectivity index (χ4v) is 7.68. The van der Waals surface area contributed by atoms with Gasteiger partial charge in [0.2, 0.25) is 11.8 Å². The number of carbonyl (C=O) groups is 4. The summed E-state index contributed by atoms with van der Waals surface area (Å²) in [5.41, 5.74) is 5.28. The maximum absolute atomic E-state index is 16.3. The highest BCUT2D eigenvalue weighted by molar-refractivity contribution is 5.87. The van der Waals surface area contributed by atoms with Crippen molar-refractivity contribution >= 4 is 24.0 Å². The van der Waals surface area contributed by atoms with Gasteiger partial charge in [-0.1, -0.05) is 92.7 Å². The zero-order valence-electron chi connectivity index (χ0n) is 35.3. The normalized spacial score (nSPS) is 12.7. The van der Waals surface area contributed by atoms with Crippen LogP contribution in [-0.4, -0.2) is 87.6 Å². The summed E-state index contributed by atoms with van der Waals surface area (Å²) in [5, 5.41) is 5.05. The number of alkyl halides is 2. The Hall–Kier alpha value is -7.36. The van der Waals surface area contributed by atoms with Crippen molar-refractivity contribution in [2.24, 2.45) is 0 Å². The number of nitrogens with zero attached hydrogens (tertiary/aromatic N) is 4. The molecule has 6 aromatic rings. The van der Waals surface area contributed by atoms with Crippen molar-refractivity contribution in [3.63, 3.8) is 0 Å². The monoisotopic (exact) mass is 858 g/mol. The lowest BCUT2D eigenvalue weighted by Gasteiger charge is -2.27. The Balaban J connectivity index is 1.04. The number of aromatic amines is 2. The van der Waals surface area contributed by atoms with E-state index >= 15 is 8.78 Å². The molecule has 1 atom stereocenters. The third-order valence-electron chi connectivity index (χ3n) is 10.8. The van der Waals surface area contributed by atoms with Crippen LogP contribution in [0.3, 0.4) is 0 Å². The largest absolute Gasteiger partial charge is 0.453 e. The zero-order valence-corrected chi connectivity index (χ0v) is 35.3. The lowest BCUT2D eigenvalue weighted by molar-refractivity contribution is -0.134. The summed E-state index contributed by atoms with van der Waals surface area (Å²) in [6, 6.07) is 25.6. The molecule has 0 saturated heterocycles. The van der Waals surface area contributed by atoms with Gasteiger partial charge in [-0.15, -0.1) is 0 Å². The Morgan fingerprint density at radius 2 is 1.21 bits per heavy atom. The molecule has 0 radical (unpaired) electrons. The van der Waals surface area contributed by atoms with Gasteiger partial charge in [0, 0.05) is 29.8 Å². The number of benzene rings is 4. The van der Waals surface area contributed by atoms with E-state index in [0.717, 1.165) is 11.1 Å². The second-order valence-corrected chi connectivity index (χ2v) is 15.1. The minimum atomic E-state index is -3.27. The molecule has 1 aliphatic carbocycles. The number of fused-ring (bicyclic) bond motifs is 3. The number of hydrogen-bond acceptors (Lipinski definition) is 8. The van der Waals surface area contributed by atoms with Crippen molar-refractivity contribution in [2.45, 2.75) is 51.7 Å². The van der Waals surface area contributed by atoms with Gasteiger partial charge in [0.1, 0.15) is 24.2 Å². The van der Waals surface area contributed by atoms with Gasteiger partial charge in [-0.2, -0.15) is 8.78 Å². The first-order chi connectivity index (χ1) is 30.4. The van der Waals surface area contributed by atoms with Crippen LogP contribution < -0.4 is 10.6 Å². The summed E-state index contributed by atoms with van der Waals surface area (Å²) in [6.07, 6.45) is 3.17. The number of hydrogen-bond donors (Lipinski definition) is 4. The van der Waals surface area contributed by atoms with Gasteiger partial charge in [-0.25, -0.2) is 19.6 Å². The Morgan fingerprint density at radius 1 is 0.683 bits per heavy atom. The molecule has 326 valence electrons. The van der Waals surface area contributed by atoms with Gasteiger partial charge in [-0.05, 0) is 58.4 Å². The molecule has 7 rings (SSSR count). The first-order valence-corrected chi connectivity index (χ1v) is 20.6. The molecule has 2 aromatic heterocycles. The fourth-order valence-electron chi connectivity index (χ4n) is 7.68. The van der Waals surface area contributed by atoms with Crippen LogP contribution >= 0.6 is 0 Å². The predicted octanol–water partition coefficient (Wildman–Crippen LogP) is 8.18. The summed E-state index contributed by atoms with van der Waals surface area (Å²) < 4.78 is 42.0. The Morgan fingerprint density at radius 3 is 1.81 bits per heavy atom. The molecule has 2 heterocycles. The van der Waals surface area contributed by atoms with Gasteiger partial charge < -0.3 is 39.9 Å². The predicted molar refractivity (Wildman–Crippen MR) is 232 cm³/mol. The van der Waals surface area contributed by atoms with E-state index in [1.807, 2.05) is 50.2 Å². The number of aromatic nitrogens is 4. The molecular weight excluding hydrogens is 811 g/mol. The molecule has 4 N–H and O–H groups in total. The van der Waals surface area contributed by atoms with Crippen molar-refractivity contribution in [3.8, 4) is 44.8 Å². The van der Waals surface area contributed by atoms with E-state index in [4.69, 9.17) is 4.74 Å². The second-order valence-electron chi connectivity index (χ2n) is 15.1. The molecule has 0 saturated carbocycles. The minimum absolute atomic E-state index is 0.0866. The average Bonchev–Trinajstić information content (AvgIpc) is 4.04. The van der Waals surface area contributed by atoms with Crippen LogP contribution in [0, 0.1) is 0 Å². The molecule has 1 aliphatic rings. The first kappa shape index (κ1) is 43.7. The smallest absolute Gasteiger partial charge is 0.407 e. The van der Waals surface area contributed by atoms with Crippen LogP contribution in [0.25, 0.3) is 44.8 Å². The maximum atomic E-state index is 16.3. The highest BCUT2D eigenvalue weighted by Crippen LogP contribution is 2.52. The highest BCUT2D eigenvalue weighted by Gasteiger charge is 2.44. The summed E-state index contributed by atoms with van der Waals surface area (Å²) in [4.78, 5) is 68.9. The van der Waals surface area contributed by atoms with E-state index in [9.17, 15) is 19.2 Å². The number of alkyl carbamates (subject to hydrolysis) is 2. The highest BCUT2D eigenvalue weighted by atomic mass is 19.3. The van der Waals surface area contributed by atoms with Gasteiger partial charge in [-0.3, -0.25) is 9.59 Å². The third-order valence-corrected chi connectivity index (χ3v) is 10.8. The molecule has 0 bridgehead atoms. The first-order valence-electron chi connectivity index (χ1n) is 20.6. The summed E-state index contributed by atoms with van der Waals surface area (Å²) in [6.45, 7) is 4.82. The Labute approximate surface area is 363 Å². The number of rotatable bonds is 16. The summed E-state index contributed by atoms with van der Waals surface area (Å²) >= 11 is 0. The van der Waals surface area contributed by atoms with Crippen LogP contribution in [-0.2, 0) is 38.1 Å². The number of H-pyrrole nitrogens is 2. The molecule has 4 amide bonds. The number of amides is 4.